The van der Waals surface area contributed by atoms with Crippen molar-refractivity contribution in [2.75, 3.05) is 0 Å². The van der Waals surface area contributed by atoms with Crippen LogP contribution in [0.4, 0.5) is 34.1 Å². The number of aryl methyl sites for hydroxylation is 3. The minimum atomic E-state index is -7.21. The van der Waals surface area contributed by atoms with Crippen LogP contribution in [0, 0.1) is 71.0 Å². The minimum absolute atomic E-state index is 0.00926. The van der Waals surface area contributed by atoms with E-state index < -0.39 is 88.5 Å². The summed E-state index contributed by atoms with van der Waals surface area (Å²) in [4.78, 5) is 71.0. The fourth-order valence-corrected chi connectivity index (χ4v) is 17.8. The summed E-state index contributed by atoms with van der Waals surface area (Å²) in [6, 6.07) is 19.9. The van der Waals surface area contributed by atoms with Crippen LogP contribution in [0.25, 0.3) is 0 Å². The van der Waals surface area contributed by atoms with Crippen molar-refractivity contribution in [1.82, 2.24) is 0 Å². The van der Waals surface area contributed by atoms with Gasteiger partial charge in [0.05, 0.1) is 0 Å². The Bertz CT molecular complexity index is 2260. The normalized spacial score (nSPS) is 11.8. The van der Waals surface area contributed by atoms with E-state index in [9.17, 15) is 60.5 Å². The first kappa shape index (κ1) is 38.2. The van der Waals surface area contributed by atoms with E-state index in [0.717, 1.165) is 0 Å². The van der Waals surface area contributed by atoms with Crippen LogP contribution in [0.5, 0.6) is 11.5 Å². The second kappa shape index (κ2) is 14.1. The Morgan fingerprint density at radius 2 is 0.741 bits per heavy atom. The van der Waals surface area contributed by atoms with Crippen LogP contribution in [-0.4, -0.2) is 58.0 Å². The van der Waals surface area contributed by atoms with Gasteiger partial charge in [-0.05, 0) is 0 Å². The molecule has 0 aromatic heterocycles. The first-order valence-corrected chi connectivity index (χ1v) is 21.2. The maximum absolute atomic E-state index is 14.5. The van der Waals surface area contributed by atoms with E-state index in [4.69, 9.17) is 6.23 Å². The summed E-state index contributed by atoms with van der Waals surface area (Å²) < 4.78 is 12.8. The zero-order valence-corrected chi connectivity index (χ0v) is 30.7. The van der Waals surface area contributed by atoms with Gasteiger partial charge in [0.2, 0.25) is 0 Å². The third kappa shape index (κ3) is 6.56. The SMILES string of the molecule is Cc1cc[c]([Sb]([O][N+](=O)c2cc([N+](=O)[O-])c(O)c([N+](=O)[O-])c2)([O][N+](=O)c2cc([N+](=O)[O-])cc([N+](=O)[O-])c2O)([c]2ccc(C)cc2)[c]2ccc(C)cc2)cc1. The van der Waals surface area contributed by atoms with E-state index in [-0.39, 0.29) is 15.5 Å². The number of rotatable bonds is 13. The Morgan fingerprint density at radius 1 is 0.444 bits per heavy atom. The number of nitrogens with zero attached hydrogens (tertiary/aromatic N) is 6. The summed E-state index contributed by atoms with van der Waals surface area (Å²) in [5, 5.41) is 68.6. The van der Waals surface area contributed by atoms with Crippen LogP contribution in [0.2, 0.25) is 0 Å². The van der Waals surface area contributed by atoms with E-state index in [1.54, 1.807) is 57.2 Å². The molecular formula is C33H27N6O14Sb+2. The van der Waals surface area contributed by atoms with Crippen molar-refractivity contribution in [2.45, 2.75) is 20.8 Å². The van der Waals surface area contributed by atoms with Gasteiger partial charge in [-0.25, -0.2) is 0 Å². The van der Waals surface area contributed by atoms with Crippen LogP contribution in [-0.2, 0) is 6.23 Å². The van der Waals surface area contributed by atoms with Crippen molar-refractivity contribution in [2.24, 2.45) is 0 Å². The number of hydrogen-bond donors (Lipinski definition) is 2. The van der Waals surface area contributed by atoms with Gasteiger partial charge in [0.15, 0.2) is 0 Å². The summed E-state index contributed by atoms with van der Waals surface area (Å²) in [7, 11) is 0. The molecule has 5 aromatic carbocycles. The molecule has 5 aromatic rings. The molecule has 0 aliphatic heterocycles. The predicted octanol–water partition coefficient (Wildman–Crippen LogP) is 5.16. The molecule has 5 rings (SSSR count). The quantitative estimate of drug-likeness (QED) is 0.0880. The molecule has 0 spiro atoms. The Hall–Kier alpha value is -7.08. The van der Waals surface area contributed by atoms with Crippen molar-refractivity contribution < 1.29 is 46.0 Å². The van der Waals surface area contributed by atoms with Crippen molar-refractivity contribution >= 4 is 62.9 Å². The topological polar surface area (TPSA) is 272 Å². The molecule has 2 N–H and O–H groups in total. The van der Waals surface area contributed by atoms with Gasteiger partial charge in [0.25, 0.3) is 0 Å². The fraction of sp³-hybridized carbons (Fsp3) is 0.0909. The third-order valence-corrected chi connectivity index (χ3v) is 21.5. The van der Waals surface area contributed by atoms with E-state index in [1.165, 1.54) is 36.4 Å². The summed E-state index contributed by atoms with van der Waals surface area (Å²) in [6.45, 7) is 5.13. The first-order valence-electron chi connectivity index (χ1n) is 15.3. The molecule has 0 aliphatic rings. The summed E-state index contributed by atoms with van der Waals surface area (Å²) in [5.41, 5.74) is -4.81. The molecule has 0 aliphatic carbocycles. The average molecular weight is 853 g/mol. The Kier molecular flexibility index (Phi) is 10.00. The molecule has 0 heterocycles. The zero-order chi connectivity index (χ0) is 39.7. The number of benzene rings is 5. The van der Waals surface area contributed by atoms with Crippen molar-refractivity contribution in [1.29, 1.82) is 0 Å². The molecule has 21 heteroatoms. The maximum atomic E-state index is 14.5. The van der Waals surface area contributed by atoms with Crippen molar-refractivity contribution in [3.8, 4) is 11.5 Å². The standard InChI is InChI=1S/3C7H7.2C6H3N3O7.Sb/c3*1-7-5-3-2-4-6-7;2*10-6-4(8(13)14)1-3(7(11)12)2-5(6)9(15)16;/h3*3-6H,1H3;2*1-2,10H;/q;;;;;+2. The van der Waals surface area contributed by atoms with Crippen molar-refractivity contribution in [3.63, 3.8) is 0 Å². The number of non-ortho nitro benzene ring substituents is 1. The summed E-state index contributed by atoms with van der Waals surface area (Å²) >= 11 is -7.21. The number of phenols is 2. The van der Waals surface area contributed by atoms with Gasteiger partial charge < -0.3 is 0 Å². The number of hydrogen-bond acceptors (Lipinski definition) is 14. The summed E-state index contributed by atoms with van der Waals surface area (Å²) in [5.74, 6) is -2.72. The van der Waals surface area contributed by atoms with Crippen LogP contribution in [0.15, 0.2) is 97.1 Å². The Balaban J connectivity index is 1.97. The molecule has 0 radical (unpaired) electrons. The second-order valence-corrected chi connectivity index (χ2v) is 22.7. The summed E-state index contributed by atoms with van der Waals surface area (Å²) in [6.07, 6.45) is 0. The number of nitro benzene ring substituents is 4. The molecular weight excluding hydrogens is 826 g/mol. The monoisotopic (exact) mass is 852 g/mol. The van der Waals surface area contributed by atoms with E-state index in [2.05, 4.69) is 0 Å². The number of aromatic hydroxyl groups is 2. The van der Waals surface area contributed by atoms with Gasteiger partial charge in [-0.15, -0.1) is 0 Å². The first-order chi connectivity index (χ1) is 25.4. The van der Waals surface area contributed by atoms with Gasteiger partial charge in [-0.3, -0.25) is 0 Å². The fourth-order valence-electron chi connectivity index (χ4n) is 5.51. The Morgan fingerprint density at radius 3 is 1.07 bits per heavy atom. The van der Waals surface area contributed by atoms with Gasteiger partial charge in [-0.1, -0.05) is 0 Å². The molecule has 0 saturated carbocycles. The van der Waals surface area contributed by atoms with E-state index in [0.29, 0.717) is 41.0 Å². The van der Waals surface area contributed by atoms with E-state index in [1.807, 2.05) is 0 Å². The zero-order valence-electron chi connectivity index (χ0n) is 28.2. The molecule has 0 bridgehead atoms. The number of nitro groups is 4. The van der Waals surface area contributed by atoms with Gasteiger partial charge >= 0.3 is 305 Å². The van der Waals surface area contributed by atoms with Crippen LogP contribution >= 0.6 is 0 Å². The molecule has 20 nitrogen and oxygen atoms in total. The van der Waals surface area contributed by atoms with Crippen LogP contribution in [0.3, 0.4) is 0 Å². The van der Waals surface area contributed by atoms with Gasteiger partial charge in [-0.2, -0.15) is 0 Å². The van der Waals surface area contributed by atoms with Crippen LogP contribution in [0.1, 0.15) is 16.7 Å². The predicted molar refractivity (Wildman–Crippen MR) is 190 cm³/mol. The molecule has 0 unspecified atom stereocenters. The molecule has 276 valence electrons. The average Bonchev–Trinajstić information content (AvgIpc) is 3.11. The van der Waals surface area contributed by atoms with Gasteiger partial charge in [0.1, 0.15) is 0 Å². The van der Waals surface area contributed by atoms with Crippen molar-refractivity contribution in [3.05, 3.63) is 164 Å². The second-order valence-electron chi connectivity index (χ2n) is 11.8. The Labute approximate surface area is 304 Å². The van der Waals surface area contributed by atoms with E-state index >= 15 is 0 Å². The molecule has 0 fully saturated rings. The molecule has 0 saturated heterocycles. The molecule has 0 amide bonds. The van der Waals surface area contributed by atoms with Crippen LogP contribution < -0.4 is 10.5 Å². The third-order valence-electron chi connectivity index (χ3n) is 8.29. The van der Waals surface area contributed by atoms with Gasteiger partial charge in [0, 0.05) is 0 Å². The number of phenolic OH excluding ortho intramolecular Hbond substituents is 2. The molecule has 0 atom stereocenters. The molecule has 54 heavy (non-hydrogen) atoms.